The van der Waals surface area contributed by atoms with Crippen molar-refractivity contribution >= 4 is 18.1 Å². The molecule has 0 saturated carbocycles. The van der Waals surface area contributed by atoms with Crippen LogP contribution in [0.5, 0.6) is 0 Å². The first-order valence-electron chi connectivity index (χ1n) is 7.71. The Bertz CT molecular complexity index is 449. The van der Waals surface area contributed by atoms with Gasteiger partial charge in [0.1, 0.15) is 12.2 Å². The predicted octanol–water partition coefficient (Wildman–Crippen LogP) is 2.00. The molecule has 7 heteroatoms. The zero-order chi connectivity index (χ0) is 16.3. The van der Waals surface area contributed by atoms with E-state index >= 15 is 0 Å². The monoisotopic (exact) mass is 312 g/mol. The number of hydrogen-bond acceptors (Lipinski definition) is 5. The normalized spacial score (nSPS) is 20.0. The highest BCUT2D eigenvalue weighted by Crippen LogP contribution is 2.23. The van der Waals surface area contributed by atoms with Crippen LogP contribution in [0.2, 0.25) is 0 Å². The molecule has 2 fully saturated rings. The molecule has 0 aromatic heterocycles. The van der Waals surface area contributed by atoms with Gasteiger partial charge in [0.2, 0.25) is 5.91 Å². The largest absolute Gasteiger partial charge is 0.447 e. The van der Waals surface area contributed by atoms with Crippen molar-refractivity contribution in [1.29, 1.82) is 0 Å². The molecule has 22 heavy (non-hydrogen) atoms. The Kier molecular flexibility index (Phi) is 4.93. The van der Waals surface area contributed by atoms with Crippen LogP contribution in [0.4, 0.5) is 9.59 Å². The van der Waals surface area contributed by atoms with E-state index in [9.17, 15) is 14.4 Å². The third-order valence-electron chi connectivity index (χ3n) is 3.79. The maximum absolute atomic E-state index is 12.0. The number of amides is 3. The van der Waals surface area contributed by atoms with Gasteiger partial charge in [-0.3, -0.25) is 4.79 Å². The average Bonchev–Trinajstić information content (AvgIpc) is 2.84. The third kappa shape index (κ3) is 4.35. The average molecular weight is 312 g/mol. The maximum atomic E-state index is 12.0. The highest BCUT2D eigenvalue weighted by molar-refractivity contribution is 5.93. The van der Waals surface area contributed by atoms with Gasteiger partial charge in [-0.2, -0.15) is 0 Å². The number of ether oxygens (including phenoxy) is 2. The van der Waals surface area contributed by atoms with Gasteiger partial charge in [0.25, 0.3) is 0 Å². The Morgan fingerprint density at radius 1 is 1.23 bits per heavy atom. The number of carbonyl (C=O) groups is 3. The van der Waals surface area contributed by atoms with Crippen molar-refractivity contribution in [3.63, 3.8) is 0 Å². The Labute approximate surface area is 130 Å². The molecular formula is C15H24N2O5. The molecule has 2 heterocycles. The molecule has 0 bridgehead atoms. The lowest BCUT2D eigenvalue weighted by Gasteiger charge is -2.33. The molecule has 2 aliphatic heterocycles. The minimum Gasteiger partial charge on any atom is -0.447 e. The van der Waals surface area contributed by atoms with Gasteiger partial charge >= 0.3 is 12.2 Å². The van der Waals surface area contributed by atoms with Crippen LogP contribution < -0.4 is 0 Å². The van der Waals surface area contributed by atoms with Crippen molar-refractivity contribution in [2.75, 3.05) is 26.2 Å². The SMILES string of the molecule is CC(C)(C)OC(=O)N1CCC(CC(=O)N2CCOC2=O)CC1. The van der Waals surface area contributed by atoms with Crippen LogP contribution in [0.3, 0.4) is 0 Å². The smallest absolute Gasteiger partial charge is 0.416 e. The van der Waals surface area contributed by atoms with Crippen LogP contribution in [0.15, 0.2) is 0 Å². The summed E-state index contributed by atoms with van der Waals surface area (Å²) in [6, 6.07) is 0. The van der Waals surface area contributed by atoms with Gasteiger partial charge in [-0.05, 0) is 39.5 Å². The van der Waals surface area contributed by atoms with Crippen molar-refractivity contribution in [3.05, 3.63) is 0 Å². The lowest BCUT2D eigenvalue weighted by molar-refractivity contribution is -0.129. The number of likely N-dealkylation sites (tertiary alicyclic amines) is 1. The van der Waals surface area contributed by atoms with Crippen LogP contribution in [0, 0.1) is 5.92 Å². The first-order valence-corrected chi connectivity index (χ1v) is 7.71. The van der Waals surface area contributed by atoms with Crippen LogP contribution in [0.25, 0.3) is 0 Å². The standard InChI is InChI=1S/C15H24N2O5/c1-15(2,3)22-13(19)16-6-4-11(5-7-16)10-12(18)17-8-9-21-14(17)20/h11H,4-10H2,1-3H3. The summed E-state index contributed by atoms with van der Waals surface area (Å²) in [5.74, 6) is 0.0119. The van der Waals surface area contributed by atoms with Crippen LogP contribution in [-0.2, 0) is 14.3 Å². The predicted molar refractivity (Wildman–Crippen MR) is 78.2 cm³/mol. The molecule has 2 rings (SSSR count). The molecule has 0 radical (unpaired) electrons. The van der Waals surface area contributed by atoms with Crippen molar-refractivity contribution in [2.24, 2.45) is 5.92 Å². The van der Waals surface area contributed by atoms with Crippen LogP contribution in [0.1, 0.15) is 40.0 Å². The van der Waals surface area contributed by atoms with Gasteiger partial charge < -0.3 is 14.4 Å². The fourth-order valence-electron chi connectivity index (χ4n) is 2.62. The highest BCUT2D eigenvalue weighted by Gasteiger charge is 2.32. The summed E-state index contributed by atoms with van der Waals surface area (Å²) in [6.45, 7) is 7.30. The summed E-state index contributed by atoms with van der Waals surface area (Å²) in [7, 11) is 0. The molecule has 0 atom stereocenters. The number of carbonyl (C=O) groups excluding carboxylic acids is 3. The number of nitrogens with zero attached hydrogens (tertiary/aromatic N) is 2. The van der Waals surface area contributed by atoms with E-state index in [-0.39, 0.29) is 24.5 Å². The van der Waals surface area contributed by atoms with Gasteiger partial charge in [0.05, 0.1) is 6.54 Å². The van der Waals surface area contributed by atoms with E-state index in [1.807, 2.05) is 20.8 Å². The molecule has 0 aliphatic carbocycles. The number of rotatable bonds is 2. The second kappa shape index (κ2) is 6.54. The van der Waals surface area contributed by atoms with Crippen molar-refractivity contribution < 1.29 is 23.9 Å². The third-order valence-corrected chi connectivity index (χ3v) is 3.79. The zero-order valence-corrected chi connectivity index (χ0v) is 13.5. The minimum atomic E-state index is -0.545. The Hall–Kier alpha value is -1.79. The van der Waals surface area contributed by atoms with Gasteiger partial charge in [0, 0.05) is 19.5 Å². The van der Waals surface area contributed by atoms with Gasteiger partial charge in [-0.15, -0.1) is 0 Å². The summed E-state index contributed by atoms with van der Waals surface area (Å²) in [5.41, 5.74) is -0.500. The summed E-state index contributed by atoms with van der Waals surface area (Å²) in [4.78, 5) is 38.2. The fraction of sp³-hybridized carbons (Fsp3) is 0.800. The number of cyclic esters (lactones) is 1. The highest BCUT2D eigenvalue weighted by atomic mass is 16.6. The first-order chi connectivity index (χ1) is 10.3. The zero-order valence-electron chi connectivity index (χ0n) is 13.5. The summed E-state index contributed by atoms with van der Waals surface area (Å²) in [5, 5.41) is 0. The number of imide groups is 1. The van der Waals surface area contributed by atoms with E-state index in [1.165, 1.54) is 4.90 Å². The quantitative estimate of drug-likeness (QED) is 0.779. The summed E-state index contributed by atoms with van der Waals surface area (Å²) >= 11 is 0. The molecule has 2 saturated heterocycles. The molecule has 0 unspecified atom stereocenters. The van der Waals surface area contributed by atoms with Crippen LogP contribution >= 0.6 is 0 Å². The Morgan fingerprint density at radius 3 is 2.36 bits per heavy atom. The molecule has 0 aromatic carbocycles. The fourth-order valence-corrected chi connectivity index (χ4v) is 2.62. The van der Waals surface area contributed by atoms with E-state index in [0.29, 0.717) is 26.1 Å². The summed E-state index contributed by atoms with van der Waals surface area (Å²) in [6.07, 6.45) is 0.968. The molecular weight excluding hydrogens is 288 g/mol. The molecule has 0 N–H and O–H groups in total. The van der Waals surface area contributed by atoms with Gasteiger partial charge in [0.15, 0.2) is 0 Å². The van der Waals surface area contributed by atoms with Crippen molar-refractivity contribution in [2.45, 2.75) is 45.6 Å². The van der Waals surface area contributed by atoms with Crippen LogP contribution in [-0.4, -0.2) is 59.7 Å². The maximum Gasteiger partial charge on any atom is 0.416 e. The van der Waals surface area contributed by atoms with E-state index in [4.69, 9.17) is 9.47 Å². The van der Waals surface area contributed by atoms with E-state index in [2.05, 4.69) is 0 Å². The van der Waals surface area contributed by atoms with E-state index in [1.54, 1.807) is 4.90 Å². The molecule has 7 nitrogen and oxygen atoms in total. The topological polar surface area (TPSA) is 76.2 Å². The van der Waals surface area contributed by atoms with Crippen molar-refractivity contribution in [1.82, 2.24) is 9.80 Å². The lowest BCUT2D eigenvalue weighted by atomic mass is 9.93. The second-order valence-corrected chi connectivity index (χ2v) is 6.77. The van der Waals surface area contributed by atoms with Gasteiger partial charge in [-0.1, -0.05) is 0 Å². The Morgan fingerprint density at radius 2 is 1.86 bits per heavy atom. The molecule has 0 spiro atoms. The first kappa shape index (κ1) is 16.6. The Balaban J connectivity index is 1.76. The van der Waals surface area contributed by atoms with E-state index < -0.39 is 11.7 Å². The molecule has 124 valence electrons. The van der Waals surface area contributed by atoms with E-state index in [0.717, 1.165) is 12.8 Å². The summed E-state index contributed by atoms with van der Waals surface area (Å²) < 4.78 is 10.1. The number of piperidine rings is 1. The molecule has 0 aromatic rings. The van der Waals surface area contributed by atoms with Gasteiger partial charge in [-0.25, -0.2) is 14.5 Å². The minimum absolute atomic E-state index is 0.182. The lowest BCUT2D eigenvalue weighted by Crippen LogP contribution is -2.42. The second-order valence-electron chi connectivity index (χ2n) is 6.77. The number of hydrogen-bond donors (Lipinski definition) is 0. The molecule has 3 amide bonds. The molecule has 2 aliphatic rings. The van der Waals surface area contributed by atoms with Crippen molar-refractivity contribution in [3.8, 4) is 0 Å².